The molecule has 2 aromatic rings. The van der Waals surface area contributed by atoms with Crippen molar-refractivity contribution in [3.63, 3.8) is 0 Å². The number of nitrogens with zero attached hydrogens (tertiary/aromatic N) is 4. The second kappa shape index (κ2) is 6.12. The zero-order valence-electron chi connectivity index (χ0n) is 11.4. The van der Waals surface area contributed by atoms with Gasteiger partial charge in [-0.1, -0.05) is 18.5 Å². The van der Waals surface area contributed by atoms with Crippen LogP contribution in [0.3, 0.4) is 0 Å². The van der Waals surface area contributed by atoms with E-state index in [2.05, 4.69) is 27.3 Å². The van der Waals surface area contributed by atoms with Gasteiger partial charge < -0.3 is 5.32 Å². The molecule has 0 saturated carbocycles. The Morgan fingerprint density at radius 2 is 2.05 bits per heavy atom. The summed E-state index contributed by atoms with van der Waals surface area (Å²) in [5.74, 6) is 0.687. The number of hydrogen-bond donors (Lipinski definition) is 1. The zero-order chi connectivity index (χ0) is 13.8. The maximum Gasteiger partial charge on any atom is 0.172 e. The molecule has 0 aliphatic rings. The van der Waals surface area contributed by atoms with E-state index in [9.17, 15) is 0 Å². The van der Waals surface area contributed by atoms with Crippen LogP contribution in [0.2, 0.25) is 5.02 Å². The van der Waals surface area contributed by atoms with E-state index in [-0.39, 0.29) is 0 Å². The average molecular weight is 280 g/mol. The highest BCUT2D eigenvalue weighted by Gasteiger charge is 2.11. The number of aryl methyl sites for hydroxylation is 1. The van der Waals surface area contributed by atoms with Gasteiger partial charge in [-0.15, -0.1) is 0 Å². The van der Waals surface area contributed by atoms with Gasteiger partial charge in [-0.05, 0) is 26.8 Å². The van der Waals surface area contributed by atoms with Gasteiger partial charge in [0.15, 0.2) is 5.82 Å². The average Bonchev–Trinajstić information content (AvgIpc) is 2.68. The molecule has 6 heteroatoms. The molecule has 1 N–H and O–H groups in total. The van der Waals surface area contributed by atoms with Gasteiger partial charge in [0.25, 0.3) is 0 Å². The van der Waals surface area contributed by atoms with Crippen molar-refractivity contribution in [1.29, 1.82) is 0 Å². The van der Waals surface area contributed by atoms with Crippen molar-refractivity contribution in [2.45, 2.75) is 33.7 Å². The van der Waals surface area contributed by atoms with Crippen LogP contribution in [0.4, 0.5) is 0 Å². The summed E-state index contributed by atoms with van der Waals surface area (Å²) in [6.07, 6.45) is 4.59. The predicted octanol–water partition coefficient (Wildman–Crippen LogP) is 2.43. The van der Waals surface area contributed by atoms with Gasteiger partial charge in [0.05, 0.1) is 34.5 Å². The summed E-state index contributed by atoms with van der Waals surface area (Å²) in [6.45, 7) is 7.65. The Balaban J connectivity index is 2.15. The Morgan fingerprint density at radius 3 is 2.58 bits per heavy atom. The minimum absolute atomic E-state index is 0.676. The smallest absolute Gasteiger partial charge is 0.172 e. The lowest BCUT2D eigenvalue weighted by Crippen LogP contribution is -2.15. The number of nitrogens with one attached hydrogen (secondary N) is 1. The third-order valence-electron chi connectivity index (χ3n) is 2.84. The molecule has 2 aromatic heterocycles. The molecule has 0 radical (unpaired) electrons. The quantitative estimate of drug-likeness (QED) is 0.854. The molecule has 0 bridgehead atoms. The van der Waals surface area contributed by atoms with Crippen molar-refractivity contribution in [3.05, 3.63) is 34.5 Å². The van der Waals surface area contributed by atoms with Crippen molar-refractivity contribution in [2.24, 2.45) is 0 Å². The highest BCUT2D eigenvalue weighted by Crippen LogP contribution is 2.20. The molecule has 0 amide bonds. The van der Waals surface area contributed by atoms with Gasteiger partial charge in [0, 0.05) is 6.54 Å². The molecular formula is C13H18ClN5. The Hall–Kier alpha value is -1.46. The molecule has 0 unspecified atom stereocenters. The second-order valence-electron chi connectivity index (χ2n) is 4.44. The second-order valence-corrected chi connectivity index (χ2v) is 4.82. The molecule has 0 spiro atoms. The first-order valence-corrected chi connectivity index (χ1v) is 6.75. The first-order chi connectivity index (χ1) is 9.13. The lowest BCUT2D eigenvalue weighted by atomic mass is 10.4. The van der Waals surface area contributed by atoms with E-state index < -0.39 is 0 Å². The highest BCUT2D eigenvalue weighted by molar-refractivity contribution is 6.31. The SMILES string of the molecule is CCCNCc1cnc(-n2nc(C)c(Cl)c2C)cn1. The molecule has 102 valence electrons. The normalized spacial score (nSPS) is 10.9. The van der Waals surface area contributed by atoms with Crippen molar-refractivity contribution in [3.8, 4) is 5.82 Å². The molecule has 19 heavy (non-hydrogen) atoms. The van der Waals surface area contributed by atoms with Crippen molar-refractivity contribution >= 4 is 11.6 Å². The minimum Gasteiger partial charge on any atom is -0.311 e. The molecule has 2 heterocycles. The maximum absolute atomic E-state index is 6.12. The largest absolute Gasteiger partial charge is 0.311 e. The van der Waals surface area contributed by atoms with Crippen LogP contribution in [0.5, 0.6) is 0 Å². The Morgan fingerprint density at radius 1 is 1.26 bits per heavy atom. The highest BCUT2D eigenvalue weighted by atomic mass is 35.5. The maximum atomic E-state index is 6.12. The van der Waals surface area contributed by atoms with Crippen LogP contribution >= 0.6 is 11.6 Å². The molecular weight excluding hydrogens is 262 g/mol. The summed E-state index contributed by atoms with van der Waals surface area (Å²) < 4.78 is 1.72. The van der Waals surface area contributed by atoms with Crippen LogP contribution in [0, 0.1) is 13.8 Å². The molecule has 0 fully saturated rings. The standard InChI is InChI=1S/C13H18ClN5/c1-4-5-15-6-11-7-17-12(8-16-11)19-10(3)13(14)9(2)18-19/h7-8,15H,4-6H2,1-3H3. The third kappa shape index (κ3) is 3.11. The number of rotatable bonds is 5. The van der Waals surface area contributed by atoms with Crippen LogP contribution in [0.1, 0.15) is 30.4 Å². The van der Waals surface area contributed by atoms with Gasteiger partial charge in [-0.2, -0.15) is 5.10 Å². The number of aromatic nitrogens is 4. The summed E-state index contributed by atoms with van der Waals surface area (Å²) >= 11 is 6.12. The van der Waals surface area contributed by atoms with Crippen molar-refractivity contribution in [2.75, 3.05) is 6.54 Å². The number of hydrogen-bond acceptors (Lipinski definition) is 4. The molecule has 5 nitrogen and oxygen atoms in total. The van der Waals surface area contributed by atoms with E-state index >= 15 is 0 Å². The fourth-order valence-electron chi connectivity index (χ4n) is 1.79. The fourth-order valence-corrected chi connectivity index (χ4v) is 1.91. The lowest BCUT2D eigenvalue weighted by Gasteiger charge is -2.05. The van der Waals surface area contributed by atoms with E-state index in [1.165, 1.54) is 0 Å². The van der Waals surface area contributed by atoms with E-state index in [1.807, 2.05) is 13.8 Å². The Bertz CT molecular complexity index is 547. The molecule has 0 aromatic carbocycles. The summed E-state index contributed by atoms with van der Waals surface area (Å²) in [6, 6.07) is 0. The van der Waals surface area contributed by atoms with Crippen LogP contribution in [0.15, 0.2) is 12.4 Å². The van der Waals surface area contributed by atoms with Gasteiger partial charge in [-0.3, -0.25) is 4.98 Å². The first kappa shape index (κ1) is 14.0. The van der Waals surface area contributed by atoms with E-state index in [0.717, 1.165) is 36.6 Å². The number of halogens is 1. The summed E-state index contributed by atoms with van der Waals surface area (Å²) in [4.78, 5) is 8.76. The Labute approximate surface area is 118 Å². The molecule has 0 aliphatic carbocycles. The Kier molecular flexibility index (Phi) is 4.50. The van der Waals surface area contributed by atoms with Gasteiger partial charge in [0.1, 0.15) is 0 Å². The van der Waals surface area contributed by atoms with Gasteiger partial charge >= 0.3 is 0 Å². The lowest BCUT2D eigenvalue weighted by molar-refractivity contribution is 0.660. The summed E-state index contributed by atoms with van der Waals surface area (Å²) in [5, 5.41) is 8.32. The third-order valence-corrected chi connectivity index (χ3v) is 3.39. The van der Waals surface area contributed by atoms with E-state index in [1.54, 1.807) is 17.1 Å². The van der Waals surface area contributed by atoms with Gasteiger partial charge in [0.2, 0.25) is 0 Å². The molecule has 0 atom stereocenters. The van der Waals surface area contributed by atoms with Crippen LogP contribution in [-0.2, 0) is 6.54 Å². The minimum atomic E-state index is 0.676. The predicted molar refractivity (Wildman–Crippen MR) is 75.6 cm³/mol. The van der Waals surface area contributed by atoms with E-state index in [4.69, 9.17) is 11.6 Å². The monoisotopic (exact) mass is 279 g/mol. The first-order valence-electron chi connectivity index (χ1n) is 6.37. The molecule has 0 aliphatic heterocycles. The van der Waals surface area contributed by atoms with Crippen LogP contribution in [0.25, 0.3) is 5.82 Å². The topological polar surface area (TPSA) is 55.6 Å². The van der Waals surface area contributed by atoms with Crippen molar-refractivity contribution < 1.29 is 0 Å². The van der Waals surface area contributed by atoms with E-state index in [0.29, 0.717) is 10.8 Å². The van der Waals surface area contributed by atoms with Crippen LogP contribution in [-0.4, -0.2) is 26.3 Å². The summed E-state index contributed by atoms with van der Waals surface area (Å²) in [5.41, 5.74) is 2.60. The molecule has 0 saturated heterocycles. The summed E-state index contributed by atoms with van der Waals surface area (Å²) in [7, 11) is 0. The van der Waals surface area contributed by atoms with Gasteiger partial charge in [-0.25, -0.2) is 9.67 Å². The fraction of sp³-hybridized carbons (Fsp3) is 0.462. The van der Waals surface area contributed by atoms with Crippen molar-refractivity contribution in [1.82, 2.24) is 25.1 Å². The molecule has 2 rings (SSSR count). The zero-order valence-corrected chi connectivity index (χ0v) is 12.2. The van der Waals surface area contributed by atoms with Crippen LogP contribution < -0.4 is 5.32 Å².